The SMILES string of the molecule is CC(CNC(c1cccs1)c1cccs1)N1CCCC1. The molecule has 1 unspecified atom stereocenters. The molecule has 0 saturated carbocycles. The second-order valence-electron chi connectivity index (χ2n) is 5.46. The van der Waals surface area contributed by atoms with E-state index in [1.807, 2.05) is 22.7 Å². The van der Waals surface area contributed by atoms with Gasteiger partial charge in [-0.2, -0.15) is 0 Å². The molecule has 108 valence electrons. The van der Waals surface area contributed by atoms with Crippen molar-refractivity contribution in [3.8, 4) is 0 Å². The fourth-order valence-corrected chi connectivity index (χ4v) is 4.56. The molecule has 0 bridgehead atoms. The van der Waals surface area contributed by atoms with Gasteiger partial charge in [-0.3, -0.25) is 4.90 Å². The van der Waals surface area contributed by atoms with Crippen molar-refractivity contribution in [2.45, 2.75) is 31.8 Å². The zero-order valence-corrected chi connectivity index (χ0v) is 13.6. The molecule has 3 rings (SSSR count). The number of nitrogens with one attached hydrogen (secondary N) is 1. The van der Waals surface area contributed by atoms with E-state index in [0.717, 1.165) is 6.54 Å². The summed E-state index contributed by atoms with van der Waals surface area (Å²) in [6.07, 6.45) is 2.73. The Morgan fingerprint density at radius 1 is 1.10 bits per heavy atom. The van der Waals surface area contributed by atoms with Crippen molar-refractivity contribution in [3.05, 3.63) is 44.8 Å². The van der Waals surface area contributed by atoms with E-state index >= 15 is 0 Å². The lowest BCUT2D eigenvalue weighted by molar-refractivity contribution is 0.249. The van der Waals surface area contributed by atoms with Gasteiger partial charge < -0.3 is 5.32 Å². The molecule has 2 nitrogen and oxygen atoms in total. The van der Waals surface area contributed by atoms with Gasteiger partial charge in [-0.25, -0.2) is 0 Å². The van der Waals surface area contributed by atoms with Crippen molar-refractivity contribution in [2.75, 3.05) is 19.6 Å². The van der Waals surface area contributed by atoms with Crippen LogP contribution >= 0.6 is 22.7 Å². The average Bonchev–Trinajstić information content (AvgIpc) is 3.22. The summed E-state index contributed by atoms with van der Waals surface area (Å²) >= 11 is 3.69. The number of hydrogen-bond acceptors (Lipinski definition) is 4. The fraction of sp³-hybridized carbons (Fsp3) is 0.500. The second kappa shape index (κ2) is 6.85. The minimum Gasteiger partial charge on any atom is -0.303 e. The predicted octanol–water partition coefficient (Wildman–Crippen LogP) is 3.97. The zero-order chi connectivity index (χ0) is 13.8. The van der Waals surface area contributed by atoms with E-state index in [2.05, 4.69) is 52.2 Å². The second-order valence-corrected chi connectivity index (χ2v) is 7.42. The third-order valence-electron chi connectivity index (χ3n) is 4.04. The van der Waals surface area contributed by atoms with E-state index < -0.39 is 0 Å². The van der Waals surface area contributed by atoms with Gasteiger partial charge >= 0.3 is 0 Å². The molecule has 0 amide bonds. The zero-order valence-electron chi connectivity index (χ0n) is 11.9. The maximum absolute atomic E-state index is 3.78. The Bertz CT molecular complexity index is 452. The number of nitrogens with zero attached hydrogens (tertiary/aromatic N) is 1. The summed E-state index contributed by atoms with van der Waals surface area (Å²) < 4.78 is 0. The predicted molar refractivity (Wildman–Crippen MR) is 88.8 cm³/mol. The Hall–Kier alpha value is -0.680. The molecule has 0 radical (unpaired) electrons. The van der Waals surface area contributed by atoms with Crippen molar-refractivity contribution in [2.24, 2.45) is 0 Å². The van der Waals surface area contributed by atoms with Crippen LogP contribution in [-0.2, 0) is 0 Å². The van der Waals surface area contributed by atoms with Crippen molar-refractivity contribution in [3.63, 3.8) is 0 Å². The van der Waals surface area contributed by atoms with Crippen LogP contribution in [0.15, 0.2) is 35.0 Å². The first kappa shape index (κ1) is 14.3. The Kier molecular flexibility index (Phi) is 4.89. The molecule has 2 aromatic rings. The van der Waals surface area contributed by atoms with Gasteiger partial charge in [0.25, 0.3) is 0 Å². The lowest BCUT2D eigenvalue weighted by Gasteiger charge is -2.26. The topological polar surface area (TPSA) is 15.3 Å². The van der Waals surface area contributed by atoms with Crippen LogP contribution in [0.3, 0.4) is 0 Å². The van der Waals surface area contributed by atoms with Gasteiger partial charge in [0.05, 0.1) is 6.04 Å². The average molecular weight is 307 g/mol. The van der Waals surface area contributed by atoms with E-state index in [4.69, 9.17) is 0 Å². The molecule has 4 heteroatoms. The number of rotatable bonds is 6. The molecule has 0 aliphatic carbocycles. The molecule has 0 spiro atoms. The van der Waals surface area contributed by atoms with Gasteiger partial charge in [-0.1, -0.05) is 12.1 Å². The molecule has 1 aliphatic heterocycles. The van der Waals surface area contributed by atoms with Crippen LogP contribution in [-0.4, -0.2) is 30.6 Å². The van der Waals surface area contributed by atoms with Crippen molar-refractivity contribution in [1.82, 2.24) is 10.2 Å². The lowest BCUT2D eigenvalue weighted by atomic mass is 10.2. The molecular weight excluding hydrogens is 284 g/mol. The maximum atomic E-state index is 3.78. The van der Waals surface area contributed by atoms with Crippen LogP contribution in [0.2, 0.25) is 0 Å². The molecule has 1 N–H and O–H groups in total. The summed E-state index contributed by atoms with van der Waals surface area (Å²) in [7, 11) is 0. The molecule has 1 atom stereocenters. The molecule has 3 heterocycles. The molecular formula is C16H22N2S2. The van der Waals surface area contributed by atoms with Crippen LogP contribution < -0.4 is 5.32 Å². The van der Waals surface area contributed by atoms with Crippen LogP contribution in [0, 0.1) is 0 Å². The maximum Gasteiger partial charge on any atom is 0.0765 e. The third kappa shape index (κ3) is 3.31. The summed E-state index contributed by atoms with van der Waals surface area (Å²) in [4.78, 5) is 5.44. The molecule has 1 fully saturated rings. The van der Waals surface area contributed by atoms with Gasteiger partial charge in [0, 0.05) is 22.3 Å². The lowest BCUT2D eigenvalue weighted by Crippen LogP contribution is -2.39. The van der Waals surface area contributed by atoms with E-state index in [9.17, 15) is 0 Å². The Balaban J connectivity index is 1.65. The van der Waals surface area contributed by atoms with Crippen LogP contribution in [0.1, 0.15) is 35.6 Å². The van der Waals surface area contributed by atoms with Crippen LogP contribution in [0.25, 0.3) is 0 Å². The monoisotopic (exact) mass is 306 g/mol. The van der Waals surface area contributed by atoms with Gasteiger partial charge in [0.2, 0.25) is 0 Å². The van der Waals surface area contributed by atoms with E-state index in [1.165, 1.54) is 35.7 Å². The summed E-state index contributed by atoms with van der Waals surface area (Å²) in [5, 5.41) is 8.12. The van der Waals surface area contributed by atoms with Crippen molar-refractivity contribution < 1.29 is 0 Å². The summed E-state index contributed by atoms with van der Waals surface area (Å²) in [6, 6.07) is 9.75. The van der Waals surface area contributed by atoms with Crippen molar-refractivity contribution in [1.29, 1.82) is 0 Å². The Morgan fingerprint density at radius 3 is 2.20 bits per heavy atom. The van der Waals surface area contributed by atoms with Crippen LogP contribution in [0.4, 0.5) is 0 Å². The normalized spacial score (nSPS) is 17.9. The highest BCUT2D eigenvalue weighted by atomic mass is 32.1. The number of hydrogen-bond donors (Lipinski definition) is 1. The Labute approximate surface area is 129 Å². The highest BCUT2D eigenvalue weighted by Gasteiger charge is 2.21. The summed E-state index contributed by atoms with van der Waals surface area (Å²) in [5.74, 6) is 0. The van der Waals surface area contributed by atoms with Gasteiger partial charge in [-0.15, -0.1) is 22.7 Å². The van der Waals surface area contributed by atoms with Crippen LogP contribution in [0.5, 0.6) is 0 Å². The van der Waals surface area contributed by atoms with Crippen molar-refractivity contribution >= 4 is 22.7 Å². The molecule has 1 aliphatic rings. The number of likely N-dealkylation sites (tertiary alicyclic amines) is 1. The molecule has 20 heavy (non-hydrogen) atoms. The fourth-order valence-electron chi connectivity index (χ4n) is 2.85. The minimum absolute atomic E-state index is 0.361. The minimum atomic E-state index is 0.361. The Morgan fingerprint density at radius 2 is 1.70 bits per heavy atom. The highest BCUT2D eigenvalue weighted by Crippen LogP contribution is 2.29. The van der Waals surface area contributed by atoms with Gasteiger partial charge in [0.15, 0.2) is 0 Å². The molecule has 1 saturated heterocycles. The van der Waals surface area contributed by atoms with E-state index in [1.54, 1.807) is 0 Å². The molecule has 0 aromatic carbocycles. The summed E-state index contributed by atoms with van der Waals surface area (Å²) in [5.41, 5.74) is 0. The third-order valence-corrected chi connectivity index (χ3v) is 5.91. The smallest absolute Gasteiger partial charge is 0.0765 e. The molecule has 2 aromatic heterocycles. The van der Waals surface area contributed by atoms with E-state index in [-0.39, 0.29) is 0 Å². The first-order valence-corrected chi connectivity index (χ1v) is 9.15. The highest BCUT2D eigenvalue weighted by molar-refractivity contribution is 7.11. The number of thiophene rings is 2. The summed E-state index contributed by atoms with van der Waals surface area (Å²) in [6.45, 7) is 5.94. The standard InChI is InChI=1S/C16H22N2S2/c1-13(18-8-2-3-9-18)12-17-16(14-6-4-10-19-14)15-7-5-11-20-15/h4-7,10-11,13,16-17H,2-3,8-9,12H2,1H3. The first-order valence-electron chi connectivity index (χ1n) is 7.39. The first-order chi connectivity index (χ1) is 9.84. The van der Waals surface area contributed by atoms with Gasteiger partial charge in [0.1, 0.15) is 0 Å². The van der Waals surface area contributed by atoms with E-state index in [0.29, 0.717) is 12.1 Å². The van der Waals surface area contributed by atoms with Gasteiger partial charge in [-0.05, 0) is 55.7 Å². The largest absolute Gasteiger partial charge is 0.303 e. The quantitative estimate of drug-likeness (QED) is 0.868.